The van der Waals surface area contributed by atoms with Gasteiger partial charge in [-0.15, -0.1) is 0 Å². The summed E-state index contributed by atoms with van der Waals surface area (Å²) in [7, 11) is 0. The van der Waals surface area contributed by atoms with Gasteiger partial charge in [-0.3, -0.25) is 9.59 Å². The lowest BCUT2D eigenvalue weighted by molar-refractivity contribution is -0.120. The van der Waals surface area contributed by atoms with Crippen LogP contribution in [0, 0.1) is 0 Å². The van der Waals surface area contributed by atoms with E-state index in [1.807, 2.05) is 24.6 Å². The van der Waals surface area contributed by atoms with Crippen LogP contribution in [-0.2, 0) is 11.3 Å². The molecular formula is C13H20BrN3O2. The quantitative estimate of drug-likeness (QED) is 0.802. The second kappa shape index (κ2) is 7.99. The van der Waals surface area contributed by atoms with Gasteiger partial charge in [0, 0.05) is 36.7 Å². The van der Waals surface area contributed by atoms with Crippen molar-refractivity contribution in [3.05, 3.63) is 22.4 Å². The lowest BCUT2D eigenvalue weighted by Crippen LogP contribution is -2.31. The number of hydrogen-bond donors (Lipinski definition) is 2. The SMILES string of the molecule is CCCNC(=O)CCNC(=O)c1cc(Br)cn1CC. The van der Waals surface area contributed by atoms with Crippen LogP contribution in [0.4, 0.5) is 0 Å². The summed E-state index contributed by atoms with van der Waals surface area (Å²) in [4.78, 5) is 23.3. The monoisotopic (exact) mass is 329 g/mol. The summed E-state index contributed by atoms with van der Waals surface area (Å²) in [6, 6.07) is 1.77. The Morgan fingerprint density at radius 2 is 2.00 bits per heavy atom. The maximum absolute atomic E-state index is 11.9. The molecule has 0 aliphatic carbocycles. The first-order valence-electron chi connectivity index (χ1n) is 6.49. The lowest BCUT2D eigenvalue weighted by Gasteiger charge is -2.07. The summed E-state index contributed by atoms with van der Waals surface area (Å²) in [5, 5.41) is 5.52. The van der Waals surface area contributed by atoms with E-state index in [4.69, 9.17) is 0 Å². The van der Waals surface area contributed by atoms with Crippen LogP contribution >= 0.6 is 15.9 Å². The topological polar surface area (TPSA) is 63.1 Å². The number of hydrogen-bond acceptors (Lipinski definition) is 2. The molecule has 1 aromatic rings. The van der Waals surface area contributed by atoms with Crippen LogP contribution in [0.3, 0.4) is 0 Å². The van der Waals surface area contributed by atoms with Crippen molar-refractivity contribution in [2.75, 3.05) is 13.1 Å². The molecule has 5 nitrogen and oxygen atoms in total. The molecule has 6 heteroatoms. The Bertz CT molecular complexity index is 443. The van der Waals surface area contributed by atoms with Gasteiger partial charge in [0.15, 0.2) is 0 Å². The highest BCUT2D eigenvalue weighted by atomic mass is 79.9. The molecule has 0 aromatic carbocycles. The normalized spacial score (nSPS) is 10.3. The predicted octanol–water partition coefficient (Wildman–Crippen LogP) is 1.92. The van der Waals surface area contributed by atoms with Crippen LogP contribution in [0.15, 0.2) is 16.7 Å². The maximum Gasteiger partial charge on any atom is 0.267 e. The Morgan fingerprint density at radius 1 is 1.26 bits per heavy atom. The van der Waals surface area contributed by atoms with E-state index in [1.165, 1.54) is 0 Å². The molecule has 0 fully saturated rings. The van der Waals surface area contributed by atoms with Crippen molar-refractivity contribution in [3.63, 3.8) is 0 Å². The molecule has 1 rings (SSSR count). The number of nitrogens with one attached hydrogen (secondary N) is 2. The van der Waals surface area contributed by atoms with Crippen molar-refractivity contribution in [1.82, 2.24) is 15.2 Å². The molecule has 0 saturated carbocycles. The lowest BCUT2D eigenvalue weighted by atomic mass is 10.3. The number of nitrogens with zero attached hydrogens (tertiary/aromatic N) is 1. The average molecular weight is 330 g/mol. The molecule has 1 heterocycles. The van der Waals surface area contributed by atoms with E-state index in [1.54, 1.807) is 6.07 Å². The zero-order chi connectivity index (χ0) is 14.3. The first kappa shape index (κ1) is 15.8. The second-order valence-electron chi connectivity index (χ2n) is 4.19. The third kappa shape index (κ3) is 5.06. The molecule has 106 valence electrons. The first-order chi connectivity index (χ1) is 9.08. The Balaban J connectivity index is 2.41. The molecule has 0 bridgehead atoms. The molecule has 0 unspecified atom stereocenters. The predicted molar refractivity (Wildman–Crippen MR) is 78.1 cm³/mol. The van der Waals surface area contributed by atoms with E-state index < -0.39 is 0 Å². The fourth-order valence-electron chi connectivity index (χ4n) is 1.66. The molecule has 0 radical (unpaired) electrons. The van der Waals surface area contributed by atoms with Crippen LogP contribution in [0.1, 0.15) is 37.2 Å². The first-order valence-corrected chi connectivity index (χ1v) is 7.28. The van der Waals surface area contributed by atoms with Crippen molar-refractivity contribution in [2.45, 2.75) is 33.2 Å². The number of rotatable bonds is 7. The van der Waals surface area contributed by atoms with Crippen LogP contribution in [0.5, 0.6) is 0 Å². The molecular weight excluding hydrogens is 310 g/mol. The van der Waals surface area contributed by atoms with Crippen LogP contribution < -0.4 is 10.6 Å². The van der Waals surface area contributed by atoms with Crippen molar-refractivity contribution in [2.24, 2.45) is 0 Å². The van der Waals surface area contributed by atoms with Gasteiger partial charge in [-0.2, -0.15) is 0 Å². The zero-order valence-corrected chi connectivity index (χ0v) is 12.9. The smallest absolute Gasteiger partial charge is 0.267 e. The van der Waals surface area contributed by atoms with E-state index in [9.17, 15) is 9.59 Å². The van der Waals surface area contributed by atoms with Crippen molar-refractivity contribution < 1.29 is 9.59 Å². The minimum Gasteiger partial charge on any atom is -0.356 e. The Morgan fingerprint density at radius 3 is 2.63 bits per heavy atom. The highest BCUT2D eigenvalue weighted by molar-refractivity contribution is 9.10. The third-order valence-electron chi connectivity index (χ3n) is 2.65. The number of carbonyl (C=O) groups is 2. The highest BCUT2D eigenvalue weighted by Gasteiger charge is 2.12. The Kier molecular flexibility index (Phi) is 6.62. The number of halogens is 1. The maximum atomic E-state index is 11.9. The second-order valence-corrected chi connectivity index (χ2v) is 5.10. The van der Waals surface area contributed by atoms with E-state index in [0.717, 1.165) is 17.4 Å². The minimum atomic E-state index is -0.157. The minimum absolute atomic E-state index is 0.0331. The summed E-state index contributed by atoms with van der Waals surface area (Å²) >= 11 is 3.35. The summed E-state index contributed by atoms with van der Waals surface area (Å²) in [5.74, 6) is -0.190. The standard InChI is InChI=1S/C13H20BrN3O2/c1-3-6-15-12(18)5-7-16-13(19)11-8-10(14)9-17(11)4-2/h8-9H,3-7H2,1-2H3,(H,15,18)(H,16,19). The van der Waals surface area contributed by atoms with Gasteiger partial charge >= 0.3 is 0 Å². The van der Waals surface area contributed by atoms with E-state index >= 15 is 0 Å². The van der Waals surface area contributed by atoms with Crippen molar-refractivity contribution >= 4 is 27.7 Å². The van der Waals surface area contributed by atoms with Gasteiger partial charge in [0.05, 0.1) is 0 Å². The highest BCUT2D eigenvalue weighted by Crippen LogP contribution is 2.14. The van der Waals surface area contributed by atoms with Crippen LogP contribution in [0.25, 0.3) is 0 Å². The molecule has 0 saturated heterocycles. The average Bonchev–Trinajstić information content (AvgIpc) is 2.77. The molecule has 0 spiro atoms. The van der Waals surface area contributed by atoms with Crippen LogP contribution in [0.2, 0.25) is 0 Å². The summed E-state index contributed by atoms with van der Waals surface area (Å²) in [6.07, 6.45) is 3.08. The molecule has 2 N–H and O–H groups in total. The third-order valence-corrected chi connectivity index (χ3v) is 3.08. The van der Waals surface area contributed by atoms with E-state index in [-0.39, 0.29) is 11.8 Å². The number of carbonyl (C=O) groups excluding carboxylic acids is 2. The number of amides is 2. The van der Waals surface area contributed by atoms with Gasteiger partial charge in [0.1, 0.15) is 5.69 Å². The van der Waals surface area contributed by atoms with Crippen molar-refractivity contribution in [3.8, 4) is 0 Å². The molecule has 0 aliphatic rings. The summed E-state index contributed by atoms with van der Waals surface area (Å²) in [5.41, 5.74) is 0.600. The summed E-state index contributed by atoms with van der Waals surface area (Å²) in [6.45, 7) is 5.73. The molecule has 0 aliphatic heterocycles. The number of aryl methyl sites for hydroxylation is 1. The van der Waals surface area contributed by atoms with Gasteiger partial charge in [0.2, 0.25) is 5.91 Å². The van der Waals surface area contributed by atoms with Crippen LogP contribution in [-0.4, -0.2) is 29.5 Å². The van der Waals surface area contributed by atoms with Gasteiger partial charge in [-0.1, -0.05) is 6.92 Å². The fraction of sp³-hybridized carbons (Fsp3) is 0.538. The van der Waals surface area contributed by atoms with Crippen molar-refractivity contribution in [1.29, 1.82) is 0 Å². The van der Waals surface area contributed by atoms with Gasteiger partial charge < -0.3 is 15.2 Å². The molecule has 1 aromatic heterocycles. The Labute approximate surface area is 121 Å². The fourth-order valence-corrected chi connectivity index (χ4v) is 2.12. The summed E-state index contributed by atoms with van der Waals surface area (Å²) < 4.78 is 2.73. The molecule has 19 heavy (non-hydrogen) atoms. The molecule has 2 amide bonds. The largest absolute Gasteiger partial charge is 0.356 e. The molecule has 0 atom stereocenters. The number of aromatic nitrogens is 1. The van der Waals surface area contributed by atoms with Gasteiger partial charge in [-0.05, 0) is 35.3 Å². The Hall–Kier alpha value is -1.30. The van der Waals surface area contributed by atoms with Gasteiger partial charge in [0.25, 0.3) is 5.91 Å². The van der Waals surface area contributed by atoms with Gasteiger partial charge in [-0.25, -0.2) is 0 Å². The van der Waals surface area contributed by atoms with E-state index in [2.05, 4.69) is 26.6 Å². The van der Waals surface area contributed by atoms with E-state index in [0.29, 0.717) is 25.2 Å². The zero-order valence-electron chi connectivity index (χ0n) is 11.3.